The highest BCUT2D eigenvalue weighted by Crippen LogP contribution is 2.30. The van der Waals surface area contributed by atoms with Crippen LogP contribution in [0.2, 0.25) is 0 Å². The summed E-state index contributed by atoms with van der Waals surface area (Å²) in [5, 5.41) is 10.2. The van der Waals surface area contributed by atoms with Crippen molar-refractivity contribution in [2.75, 3.05) is 20.7 Å². The second kappa shape index (κ2) is 5.64. The first-order chi connectivity index (χ1) is 7.47. The van der Waals surface area contributed by atoms with Crippen LogP contribution in [-0.4, -0.2) is 48.3 Å². The second-order valence-corrected chi connectivity index (χ2v) is 4.98. The van der Waals surface area contributed by atoms with Gasteiger partial charge in [-0.05, 0) is 26.8 Å². The molecule has 1 saturated carbocycles. The van der Waals surface area contributed by atoms with E-state index in [9.17, 15) is 9.90 Å². The van der Waals surface area contributed by atoms with E-state index >= 15 is 0 Å². The summed E-state index contributed by atoms with van der Waals surface area (Å²) >= 11 is 0. The van der Waals surface area contributed by atoms with E-state index in [-0.39, 0.29) is 12.0 Å². The molecule has 4 nitrogen and oxygen atoms in total. The maximum atomic E-state index is 11.1. The fraction of sp³-hybridized carbons (Fsp3) is 0.917. The number of hydrogen-bond acceptors (Lipinski definition) is 4. The number of rotatable bonds is 5. The van der Waals surface area contributed by atoms with Gasteiger partial charge in [0.15, 0.2) is 0 Å². The average molecular weight is 229 g/mol. The minimum absolute atomic E-state index is 0.108. The highest BCUT2D eigenvalue weighted by Gasteiger charge is 2.33. The van der Waals surface area contributed by atoms with Crippen LogP contribution < -0.4 is 0 Å². The summed E-state index contributed by atoms with van der Waals surface area (Å²) < 4.78 is 4.64. The molecule has 0 heterocycles. The maximum absolute atomic E-state index is 11.1. The number of esters is 1. The van der Waals surface area contributed by atoms with Crippen LogP contribution >= 0.6 is 0 Å². The molecule has 0 radical (unpaired) electrons. The molecule has 1 rings (SSSR count). The predicted molar refractivity (Wildman–Crippen MR) is 62.1 cm³/mol. The molecule has 0 aromatic rings. The molecule has 1 unspecified atom stereocenters. The van der Waals surface area contributed by atoms with Crippen LogP contribution in [0, 0.1) is 0 Å². The predicted octanol–water partition coefficient (Wildman–Crippen LogP) is 1.17. The number of carbonyl (C=O) groups excluding carboxylic acids is 1. The second-order valence-electron chi connectivity index (χ2n) is 4.98. The Bertz CT molecular complexity index is 236. The van der Waals surface area contributed by atoms with Crippen molar-refractivity contribution in [2.45, 2.75) is 50.7 Å². The zero-order valence-electron chi connectivity index (χ0n) is 10.5. The number of hydrogen-bond donors (Lipinski definition) is 1. The summed E-state index contributed by atoms with van der Waals surface area (Å²) in [7, 11) is 3.35. The first kappa shape index (κ1) is 13.5. The van der Waals surface area contributed by atoms with Crippen LogP contribution in [0.25, 0.3) is 0 Å². The lowest BCUT2D eigenvalue weighted by atomic mass is 10.0. The summed E-state index contributed by atoms with van der Waals surface area (Å²) in [6.45, 7) is 2.63. The first-order valence-corrected chi connectivity index (χ1v) is 5.96. The summed E-state index contributed by atoms with van der Waals surface area (Å²) in [6.07, 6.45) is 4.35. The van der Waals surface area contributed by atoms with Gasteiger partial charge in [0.25, 0.3) is 0 Å². The van der Waals surface area contributed by atoms with Crippen molar-refractivity contribution in [1.29, 1.82) is 0 Å². The largest absolute Gasteiger partial charge is 0.469 e. The van der Waals surface area contributed by atoms with Crippen molar-refractivity contribution in [2.24, 2.45) is 0 Å². The molecule has 0 aromatic carbocycles. The van der Waals surface area contributed by atoms with Crippen molar-refractivity contribution in [1.82, 2.24) is 4.90 Å². The Morgan fingerprint density at radius 1 is 1.50 bits per heavy atom. The molecule has 1 fully saturated rings. The number of nitrogens with zero attached hydrogens (tertiary/aromatic N) is 1. The van der Waals surface area contributed by atoms with Gasteiger partial charge in [0.05, 0.1) is 19.1 Å². The molecule has 0 saturated heterocycles. The van der Waals surface area contributed by atoms with E-state index < -0.39 is 5.60 Å². The quantitative estimate of drug-likeness (QED) is 0.719. The van der Waals surface area contributed by atoms with Gasteiger partial charge >= 0.3 is 5.97 Å². The van der Waals surface area contributed by atoms with Crippen LogP contribution in [0.5, 0.6) is 0 Å². The molecule has 0 aromatic heterocycles. The minimum Gasteiger partial charge on any atom is -0.469 e. The highest BCUT2D eigenvalue weighted by molar-refractivity contribution is 5.69. The number of carbonyl (C=O) groups is 1. The SMILES string of the molecule is COC(=O)CC(C)N(C)CC1(O)CCCC1. The highest BCUT2D eigenvalue weighted by atomic mass is 16.5. The molecular formula is C12H23NO3. The van der Waals surface area contributed by atoms with Crippen molar-refractivity contribution >= 4 is 5.97 Å². The van der Waals surface area contributed by atoms with Crippen LogP contribution in [0.1, 0.15) is 39.0 Å². The fourth-order valence-corrected chi connectivity index (χ4v) is 2.29. The van der Waals surface area contributed by atoms with Gasteiger partial charge in [-0.2, -0.15) is 0 Å². The number of likely N-dealkylation sites (N-methyl/N-ethyl adjacent to an activating group) is 1. The van der Waals surface area contributed by atoms with Crippen LogP contribution in [0.4, 0.5) is 0 Å². The Morgan fingerprint density at radius 2 is 2.06 bits per heavy atom. The van der Waals surface area contributed by atoms with Crippen molar-refractivity contribution in [3.8, 4) is 0 Å². The molecule has 1 aliphatic rings. The van der Waals surface area contributed by atoms with Crippen LogP contribution in [0.15, 0.2) is 0 Å². The molecule has 0 aliphatic heterocycles. The molecule has 1 N–H and O–H groups in total. The van der Waals surface area contributed by atoms with E-state index in [1.807, 2.05) is 18.9 Å². The van der Waals surface area contributed by atoms with E-state index in [1.54, 1.807) is 0 Å². The standard InChI is InChI=1S/C12H23NO3/c1-10(8-11(14)16-3)13(2)9-12(15)6-4-5-7-12/h10,15H,4-9H2,1-3H3. The summed E-state index contributed by atoms with van der Waals surface area (Å²) in [5.41, 5.74) is -0.543. The van der Waals surface area contributed by atoms with Gasteiger partial charge in [-0.1, -0.05) is 12.8 Å². The van der Waals surface area contributed by atoms with Crippen molar-refractivity contribution < 1.29 is 14.6 Å². The normalized spacial score (nSPS) is 21.1. The van der Waals surface area contributed by atoms with Crippen LogP contribution in [0.3, 0.4) is 0 Å². The van der Waals surface area contributed by atoms with Gasteiger partial charge in [-0.3, -0.25) is 4.79 Å². The van der Waals surface area contributed by atoms with Gasteiger partial charge in [0.2, 0.25) is 0 Å². The smallest absolute Gasteiger partial charge is 0.307 e. The zero-order valence-corrected chi connectivity index (χ0v) is 10.5. The molecule has 1 atom stereocenters. The molecular weight excluding hydrogens is 206 g/mol. The summed E-state index contributed by atoms with van der Waals surface area (Å²) in [5.74, 6) is -0.197. The lowest BCUT2D eigenvalue weighted by molar-refractivity contribution is -0.142. The summed E-state index contributed by atoms with van der Waals surface area (Å²) in [4.78, 5) is 13.2. The van der Waals surface area contributed by atoms with Gasteiger partial charge in [0.1, 0.15) is 0 Å². The first-order valence-electron chi connectivity index (χ1n) is 5.96. The van der Waals surface area contributed by atoms with E-state index in [0.29, 0.717) is 13.0 Å². The van der Waals surface area contributed by atoms with Gasteiger partial charge < -0.3 is 14.7 Å². The number of methoxy groups -OCH3 is 1. The maximum Gasteiger partial charge on any atom is 0.307 e. The molecule has 1 aliphatic carbocycles. The molecule has 16 heavy (non-hydrogen) atoms. The van der Waals surface area contributed by atoms with Gasteiger partial charge in [-0.25, -0.2) is 0 Å². The average Bonchev–Trinajstić information content (AvgIpc) is 2.64. The monoisotopic (exact) mass is 229 g/mol. The molecule has 0 amide bonds. The van der Waals surface area contributed by atoms with E-state index in [1.165, 1.54) is 7.11 Å². The Hall–Kier alpha value is -0.610. The Balaban J connectivity index is 2.38. The lowest BCUT2D eigenvalue weighted by Gasteiger charge is -2.32. The van der Waals surface area contributed by atoms with Crippen LogP contribution in [-0.2, 0) is 9.53 Å². The van der Waals surface area contributed by atoms with E-state index in [4.69, 9.17) is 0 Å². The molecule has 4 heteroatoms. The molecule has 0 spiro atoms. The number of aliphatic hydroxyl groups is 1. The topological polar surface area (TPSA) is 49.8 Å². The molecule has 94 valence electrons. The van der Waals surface area contributed by atoms with Gasteiger partial charge in [0, 0.05) is 12.6 Å². The molecule has 0 bridgehead atoms. The number of ether oxygens (including phenoxy) is 1. The Labute approximate surface area is 97.6 Å². The van der Waals surface area contributed by atoms with E-state index in [2.05, 4.69) is 4.74 Å². The zero-order chi connectivity index (χ0) is 12.2. The Morgan fingerprint density at radius 3 is 2.56 bits per heavy atom. The fourth-order valence-electron chi connectivity index (χ4n) is 2.29. The van der Waals surface area contributed by atoms with Gasteiger partial charge in [-0.15, -0.1) is 0 Å². The summed E-state index contributed by atoms with van der Waals surface area (Å²) in [6, 6.07) is 0.108. The minimum atomic E-state index is -0.543. The van der Waals surface area contributed by atoms with E-state index in [0.717, 1.165) is 25.7 Å². The van der Waals surface area contributed by atoms with Crippen molar-refractivity contribution in [3.63, 3.8) is 0 Å². The Kier molecular flexibility index (Phi) is 4.74. The third kappa shape index (κ3) is 3.76. The third-order valence-corrected chi connectivity index (χ3v) is 3.52. The lowest BCUT2D eigenvalue weighted by Crippen LogP contribution is -2.43. The van der Waals surface area contributed by atoms with Crippen molar-refractivity contribution in [3.05, 3.63) is 0 Å². The third-order valence-electron chi connectivity index (χ3n) is 3.52.